The molecular formula is C11H15ClN2O2S. The molecule has 1 rings (SSSR count). The normalized spacial score (nSPS) is 12.2. The third-order valence-corrected chi connectivity index (χ3v) is 3.43. The van der Waals surface area contributed by atoms with Crippen LogP contribution < -0.4 is 5.73 Å². The van der Waals surface area contributed by atoms with Crippen molar-refractivity contribution in [2.45, 2.75) is 18.7 Å². The van der Waals surface area contributed by atoms with Gasteiger partial charge in [0, 0.05) is 17.7 Å². The van der Waals surface area contributed by atoms with E-state index in [1.165, 1.54) is 11.8 Å². The summed E-state index contributed by atoms with van der Waals surface area (Å²) < 4.78 is 4.81. The van der Waals surface area contributed by atoms with Gasteiger partial charge in [-0.3, -0.25) is 4.79 Å². The molecule has 94 valence electrons. The largest absolute Gasteiger partial charge is 0.465 e. The molecule has 0 radical (unpaired) electrons. The molecule has 1 atom stereocenters. The highest BCUT2D eigenvalue weighted by atomic mass is 35.5. The smallest absolute Gasteiger partial charge is 0.323 e. The molecular weight excluding hydrogens is 260 g/mol. The number of halogens is 1. The summed E-state index contributed by atoms with van der Waals surface area (Å²) in [5, 5.41) is 0.490. The van der Waals surface area contributed by atoms with Crippen molar-refractivity contribution in [3.63, 3.8) is 0 Å². The van der Waals surface area contributed by atoms with Gasteiger partial charge in [-0.2, -0.15) is 11.8 Å². The number of ether oxygens (including phenoxy) is 1. The lowest BCUT2D eigenvalue weighted by molar-refractivity contribution is -0.144. The van der Waals surface area contributed by atoms with Crippen molar-refractivity contribution in [3.8, 4) is 0 Å². The Bertz CT molecular complexity index is 376. The first kappa shape index (κ1) is 14.3. The van der Waals surface area contributed by atoms with Gasteiger partial charge in [-0.15, -0.1) is 0 Å². The lowest BCUT2D eigenvalue weighted by atomic mass is 10.3. The molecule has 1 heterocycles. The first-order chi connectivity index (χ1) is 8.15. The zero-order chi connectivity index (χ0) is 12.7. The zero-order valence-corrected chi connectivity index (χ0v) is 11.1. The molecule has 1 aromatic heterocycles. The number of thioether (sulfide) groups is 1. The van der Waals surface area contributed by atoms with Crippen molar-refractivity contribution < 1.29 is 9.53 Å². The van der Waals surface area contributed by atoms with Crippen molar-refractivity contribution in [3.05, 3.63) is 29.0 Å². The van der Waals surface area contributed by atoms with Crippen molar-refractivity contribution in [1.29, 1.82) is 0 Å². The van der Waals surface area contributed by atoms with Crippen LogP contribution in [0.2, 0.25) is 5.15 Å². The third-order valence-electron chi connectivity index (χ3n) is 1.98. The van der Waals surface area contributed by atoms with Crippen LogP contribution in [0.25, 0.3) is 0 Å². The molecule has 0 aliphatic carbocycles. The number of pyridine rings is 1. The SMILES string of the molecule is CCOC(=O)C(N)CSCc1cccnc1Cl. The minimum atomic E-state index is -0.588. The first-order valence-electron chi connectivity index (χ1n) is 5.24. The maximum Gasteiger partial charge on any atom is 0.323 e. The van der Waals surface area contributed by atoms with Gasteiger partial charge >= 0.3 is 5.97 Å². The number of rotatable bonds is 6. The summed E-state index contributed by atoms with van der Waals surface area (Å²) in [6, 6.07) is 3.14. The summed E-state index contributed by atoms with van der Waals surface area (Å²) >= 11 is 7.44. The van der Waals surface area contributed by atoms with Gasteiger partial charge in [0.1, 0.15) is 11.2 Å². The third kappa shape index (κ3) is 4.93. The van der Waals surface area contributed by atoms with Crippen molar-refractivity contribution >= 4 is 29.3 Å². The fourth-order valence-corrected chi connectivity index (χ4v) is 2.37. The summed E-state index contributed by atoms with van der Waals surface area (Å²) in [6.45, 7) is 2.11. The van der Waals surface area contributed by atoms with Gasteiger partial charge in [-0.25, -0.2) is 4.98 Å². The minimum absolute atomic E-state index is 0.353. The lowest BCUT2D eigenvalue weighted by Gasteiger charge is -2.10. The van der Waals surface area contributed by atoms with Crippen molar-refractivity contribution in [2.75, 3.05) is 12.4 Å². The molecule has 4 nitrogen and oxygen atoms in total. The second kappa shape index (κ2) is 7.53. The molecule has 0 aliphatic heterocycles. The number of nitrogens with zero attached hydrogens (tertiary/aromatic N) is 1. The first-order valence-corrected chi connectivity index (χ1v) is 6.77. The molecule has 2 N–H and O–H groups in total. The van der Waals surface area contributed by atoms with E-state index in [2.05, 4.69) is 4.98 Å². The Hall–Kier alpha value is -0.780. The van der Waals surface area contributed by atoms with Crippen LogP contribution in [-0.2, 0) is 15.3 Å². The van der Waals surface area contributed by atoms with Gasteiger partial charge in [0.15, 0.2) is 0 Å². The molecule has 1 aromatic rings. The van der Waals surface area contributed by atoms with Crippen LogP contribution in [-0.4, -0.2) is 29.4 Å². The molecule has 1 unspecified atom stereocenters. The molecule has 17 heavy (non-hydrogen) atoms. The van der Waals surface area contributed by atoms with E-state index in [-0.39, 0.29) is 5.97 Å². The van der Waals surface area contributed by atoms with Crippen molar-refractivity contribution in [2.24, 2.45) is 5.73 Å². The monoisotopic (exact) mass is 274 g/mol. The van der Waals surface area contributed by atoms with E-state index in [0.717, 1.165) is 5.56 Å². The molecule has 6 heteroatoms. The number of hydrogen-bond acceptors (Lipinski definition) is 5. The van der Waals surface area contributed by atoms with E-state index in [9.17, 15) is 4.79 Å². The zero-order valence-electron chi connectivity index (χ0n) is 9.56. The summed E-state index contributed by atoms with van der Waals surface area (Å²) in [6.07, 6.45) is 1.64. The average molecular weight is 275 g/mol. The molecule has 0 bridgehead atoms. The summed E-state index contributed by atoms with van der Waals surface area (Å²) in [5.74, 6) is 0.821. The highest BCUT2D eigenvalue weighted by Gasteiger charge is 2.14. The predicted molar refractivity (Wildman–Crippen MR) is 70.0 cm³/mol. The Balaban J connectivity index is 2.33. The van der Waals surface area contributed by atoms with Crippen LogP contribution in [0.4, 0.5) is 0 Å². The van der Waals surface area contributed by atoms with Crippen LogP contribution in [0.15, 0.2) is 18.3 Å². The van der Waals surface area contributed by atoms with E-state index in [4.69, 9.17) is 22.1 Å². The number of hydrogen-bond donors (Lipinski definition) is 1. The van der Waals surface area contributed by atoms with E-state index in [1.54, 1.807) is 13.1 Å². The van der Waals surface area contributed by atoms with Crippen molar-refractivity contribution in [1.82, 2.24) is 4.98 Å². The van der Waals surface area contributed by atoms with Crippen LogP contribution in [0.1, 0.15) is 12.5 Å². The van der Waals surface area contributed by atoms with Crippen LogP contribution in [0.3, 0.4) is 0 Å². The molecule has 0 saturated carbocycles. The molecule has 0 amide bonds. The molecule has 0 fully saturated rings. The van der Waals surface area contributed by atoms with E-state index in [0.29, 0.717) is 23.3 Å². The molecule has 0 saturated heterocycles. The fraction of sp³-hybridized carbons (Fsp3) is 0.455. The number of carbonyl (C=O) groups is 1. The van der Waals surface area contributed by atoms with Gasteiger partial charge < -0.3 is 10.5 Å². The second-order valence-electron chi connectivity index (χ2n) is 3.33. The number of esters is 1. The average Bonchev–Trinajstić information content (AvgIpc) is 2.31. The van der Waals surface area contributed by atoms with Crippen LogP contribution in [0.5, 0.6) is 0 Å². The quantitative estimate of drug-likeness (QED) is 0.634. The number of aromatic nitrogens is 1. The minimum Gasteiger partial charge on any atom is -0.465 e. The predicted octanol–water partition coefficient (Wildman–Crippen LogP) is 1.86. The Labute approximate surface area is 110 Å². The maximum absolute atomic E-state index is 11.3. The number of nitrogens with two attached hydrogens (primary N) is 1. The van der Waals surface area contributed by atoms with Gasteiger partial charge in [-0.05, 0) is 18.6 Å². The summed E-state index contributed by atoms with van der Waals surface area (Å²) in [7, 11) is 0. The molecule has 0 spiro atoms. The Morgan fingerprint density at radius 3 is 3.12 bits per heavy atom. The highest BCUT2D eigenvalue weighted by Crippen LogP contribution is 2.18. The topological polar surface area (TPSA) is 65.2 Å². The van der Waals surface area contributed by atoms with E-state index in [1.807, 2.05) is 12.1 Å². The Morgan fingerprint density at radius 1 is 1.71 bits per heavy atom. The van der Waals surface area contributed by atoms with Crippen LogP contribution >= 0.6 is 23.4 Å². The highest BCUT2D eigenvalue weighted by molar-refractivity contribution is 7.98. The van der Waals surface area contributed by atoms with Gasteiger partial charge in [0.25, 0.3) is 0 Å². The van der Waals surface area contributed by atoms with E-state index >= 15 is 0 Å². The summed E-state index contributed by atoms with van der Waals surface area (Å²) in [5.41, 5.74) is 6.60. The lowest BCUT2D eigenvalue weighted by Crippen LogP contribution is -2.34. The van der Waals surface area contributed by atoms with Gasteiger partial charge in [0.05, 0.1) is 6.61 Å². The maximum atomic E-state index is 11.3. The fourth-order valence-electron chi connectivity index (χ4n) is 1.14. The Morgan fingerprint density at radius 2 is 2.47 bits per heavy atom. The number of carbonyl (C=O) groups excluding carboxylic acids is 1. The molecule has 0 aromatic carbocycles. The Kier molecular flexibility index (Phi) is 6.32. The van der Waals surface area contributed by atoms with E-state index < -0.39 is 6.04 Å². The van der Waals surface area contributed by atoms with Gasteiger partial charge in [0.2, 0.25) is 0 Å². The van der Waals surface area contributed by atoms with Gasteiger partial charge in [-0.1, -0.05) is 17.7 Å². The second-order valence-corrected chi connectivity index (χ2v) is 4.72. The molecule has 0 aliphatic rings. The van der Waals surface area contributed by atoms with Crippen LogP contribution in [0, 0.1) is 0 Å². The summed E-state index contributed by atoms with van der Waals surface area (Å²) in [4.78, 5) is 15.2. The standard InChI is InChI=1S/C11H15ClN2O2S/c1-2-16-11(15)9(13)7-17-6-8-4-3-5-14-10(8)12/h3-5,9H,2,6-7,13H2,1H3.